The van der Waals surface area contributed by atoms with Crippen molar-refractivity contribution in [1.82, 2.24) is 0 Å². The van der Waals surface area contributed by atoms with Crippen molar-refractivity contribution in [3.8, 4) is 11.8 Å². The van der Waals surface area contributed by atoms with Crippen LogP contribution < -0.4 is 10.5 Å². The lowest BCUT2D eigenvalue weighted by Crippen LogP contribution is -2.31. The Bertz CT molecular complexity index is 816. The van der Waals surface area contributed by atoms with Crippen LogP contribution >= 0.6 is 15.9 Å². The molecule has 2 aromatic rings. The molecule has 0 bridgehead atoms. The summed E-state index contributed by atoms with van der Waals surface area (Å²) in [5.41, 5.74) is 7.21. The number of nitrogen functional groups attached to an aromatic ring is 1. The number of nitrogens with zero attached hydrogens (tertiary/aromatic N) is 1. The molecule has 1 heterocycles. The van der Waals surface area contributed by atoms with Crippen LogP contribution in [0.15, 0.2) is 40.9 Å². The maximum absolute atomic E-state index is 14.3. The molecular weight excluding hydrogens is 349 g/mol. The molecule has 2 unspecified atom stereocenters. The van der Waals surface area contributed by atoms with E-state index in [1.54, 1.807) is 30.3 Å². The normalized spacial score (nSPS) is 20.0. The zero-order chi connectivity index (χ0) is 15.9. The number of benzene rings is 2. The molecule has 22 heavy (non-hydrogen) atoms. The van der Waals surface area contributed by atoms with Gasteiger partial charge < -0.3 is 10.5 Å². The van der Waals surface area contributed by atoms with Crippen LogP contribution in [0.1, 0.15) is 17.0 Å². The molecule has 3 N–H and O–H groups in total. The van der Waals surface area contributed by atoms with Gasteiger partial charge in [-0.25, -0.2) is 4.39 Å². The predicted molar refractivity (Wildman–Crippen MR) is 84.3 cm³/mol. The molecule has 0 saturated heterocycles. The summed E-state index contributed by atoms with van der Waals surface area (Å²) in [4.78, 5) is 0. The van der Waals surface area contributed by atoms with E-state index in [1.807, 2.05) is 6.07 Å². The van der Waals surface area contributed by atoms with Gasteiger partial charge in [0.2, 0.25) is 5.90 Å². The maximum atomic E-state index is 14.3. The van der Waals surface area contributed by atoms with Crippen molar-refractivity contribution in [2.45, 2.75) is 5.92 Å². The van der Waals surface area contributed by atoms with E-state index < -0.39 is 17.7 Å². The van der Waals surface area contributed by atoms with Gasteiger partial charge in [-0.05, 0) is 29.8 Å². The average molecular weight is 360 g/mol. The van der Waals surface area contributed by atoms with Crippen molar-refractivity contribution >= 4 is 27.5 Å². The van der Waals surface area contributed by atoms with Crippen molar-refractivity contribution in [2.75, 3.05) is 5.73 Å². The van der Waals surface area contributed by atoms with E-state index in [0.29, 0.717) is 27.0 Å². The standard InChI is InChI=1S/C16H11BrFN3O/c17-8-1-4-13(18)11(5-8)15-10-3-2-9(20)6-14(10)22-16(21)12(15)7-19/h1-6,12,15,21H,20H2. The second-order valence-corrected chi connectivity index (χ2v) is 5.93. The summed E-state index contributed by atoms with van der Waals surface area (Å²) in [5.74, 6) is -1.74. The predicted octanol–water partition coefficient (Wildman–Crippen LogP) is 3.81. The third-order valence-corrected chi connectivity index (χ3v) is 4.13. The number of rotatable bonds is 1. The Morgan fingerprint density at radius 1 is 1.23 bits per heavy atom. The molecule has 2 aromatic carbocycles. The Balaban J connectivity index is 2.25. The fourth-order valence-corrected chi connectivity index (χ4v) is 3.02. The van der Waals surface area contributed by atoms with Crippen molar-refractivity contribution < 1.29 is 9.13 Å². The first-order valence-corrected chi connectivity index (χ1v) is 7.31. The van der Waals surface area contributed by atoms with Gasteiger partial charge >= 0.3 is 0 Å². The zero-order valence-electron chi connectivity index (χ0n) is 11.3. The Labute approximate surface area is 135 Å². The third kappa shape index (κ3) is 2.34. The van der Waals surface area contributed by atoms with E-state index in [1.165, 1.54) is 6.07 Å². The van der Waals surface area contributed by atoms with Crippen LogP contribution in [-0.4, -0.2) is 5.90 Å². The number of nitrogens with one attached hydrogen (secondary N) is 1. The van der Waals surface area contributed by atoms with Crippen molar-refractivity contribution in [2.24, 2.45) is 5.92 Å². The lowest BCUT2D eigenvalue weighted by Gasteiger charge is -2.30. The number of nitriles is 1. The minimum absolute atomic E-state index is 0.204. The third-order valence-electron chi connectivity index (χ3n) is 3.64. The van der Waals surface area contributed by atoms with E-state index >= 15 is 0 Å². The van der Waals surface area contributed by atoms with Gasteiger partial charge in [0.15, 0.2) is 0 Å². The maximum Gasteiger partial charge on any atom is 0.205 e. The van der Waals surface area contributed by atoms with Gasteiger partial charge in [-0.2, -0.15) is 5.26 Å². The number of anilines is 1. The van der Waals surface area contributed by atoms with E-state index in [-0.39, 0.29) is 5.90 Å². The Morgan fingerprint density at radius 2 is 2.00 bits per heavy atom. The largest absolute Gasteiger partial charge is 0.442 e. The Kier molecular flexibility index (Phi) is 3.59. The van der Waals surface area contributed by atoms with Crippen LogP contribution in [0.5, 0.6) is 5.75 Å². The van der Waals surface area contributed by atoms with Gasteiger partial charge in [0.05, 0.1) is 6.07 Å². The second-order valence-electron chi connectivity index (χ2n) is 5.01. The van der Waals surface area contributed by atoms with Crippen LogP contribution in [0.25, 0.3) is 0 Å². The fourth-order valence-electron chi connectivity index (χ4n) is 2.64. The molecule has 0 aliphatic carbocycles. The number of hydrogen-bond donors (Lipinski definition) is 2. The minimum Gasteiger partial charge on any atom is -0.442 e. The smallest absolute Gasteiger partial charge is 0.205 e. The first-order chi connectivity index (χ1) is 10.5. The van der Waals surface area contributed by atoms with Gasteiger partial charge in [-0.1, -0.05) is 22.0 Å². The molecule has 0 radical (unpaired) electrons. The summed E-state index contributed by atoms with van der Waals surface area (Å²) in [6.45, 7) is 0. The van der Waals surface area contributed by atoms with Crippen LogP contribution in [0.3, 0.4) is 0 Å². The van der Waals surface area contributed by atoms with E-state index in [4.69, 9.17) is 15.9 Å². The first kappa shape index (κ1) is 14.5. The molecule has 1 aliphatic heterocycles. The number of nitrogens with two attached hydrogens (primary N) is 1. The number of halogens is 2. The molecule has 0 spiro atoms. The number of hydrogen-bond acceptors (Lipinski definition) is 4. The van der Waals surface area contributed by atoms with E-state index in [2.05, 4.69) is 15.9 Å². The van der Waals surface area contributed by atoms with E-state index in [9.17, 15) is 9.65 Å². The highest BCUT2D eigenvalue weighted by Gasteiger charge is 2.38. The number of fused-ring (bicyclic) bond motifs is 1. The van der Waals surface area contributed by atoms with Crippen molar-refractivity contribution in [3.63, 3.8) is 0 Å². The van der Waals surface area contributed by atoms with Gasteiger partial charge in [0.1, 0.15) is 17.5 Å². The zero-order valence-corrected chi connectivity index (χ0v) is 12.9. The molecule has 0 saturated carbocycles. The van der Waals surface area contributed by atoms with Crippen molar-refractivity contribution in [1.29, 1.82) is 10.7 Å². The average Bonchev–Trinajstić information content (AvgIpc) is 2.48. The van der Waals surface area contributed by atoms with Crippen LogP contribution in [-0.2, 0) is 0 Å². The SMILES string of the molecule is N#CC1C(=N)Oc2cc(N)ccc2C1c1cc(Br)ccc1F. The quantitative estimate of drug-likeness (QED) is 0.759. The van der Waals surface area contributed by atoms with Gasteiger partial charge in [0.25, 0.3) is 0 Å². The van der Waals surface area contributed by atoms with Gasteiger partial charge in [-0.3, -0.25) is 5.41 Å². The van der Waals surface area contributed by atoms with Crippen molar-refractivity contribution in [3.05, 3.63) is 57.8 Å². The second kappa shape index (κ2) is 5.43. The van der Waals surface area contributed by atoms with Crippen LogP contribution in [0.2, 0.25) is 0 Å². The molecular formula is C16H11BrFN3O. The Hall–Kier alpha value is -2.39. The topological polar surface area (TPSA) is 82.9 Å². The number of ether oxygens (including phenoxy) is 1. The first-order valence-electron chi connectivity index (χ1n) is 6.51. The highest BCUT2D eigenvalue weighted by molar-refractivity contribution is 9.10. The van der Waals surface area contributed by atoms with Crippen LogP contribution in [0, 0.1) is 28.5 Å². The summed E-state index contributed by atoms with van der Waals surface area (Å²) in [5, 5.41) is 17.3. The summed E-state index contributed by atoms with van der Waals surface area (Å²) < 4.78 is 20.4. The molecule has 110 valence electrons. The fraction of sp³-hybridized carbons (Fsp3) is 0.125. The molecule has 0 amide bonds. The molecule has 0 aromatic heterocycles. The minimum atomic E-state index is -0.889. The molecule has 2 atom stereocenters. The lowest BCUT2D eigenvalue weighted by atomic mass is 9.79. The highest BCUT2D eigenvalue weighted by atomic mass is 79.9. The summed E-state index contributed by atoms with van der Waals surface area (Å²) in [6, 6.07) is 11.6. The lowest BCUT2D eigenvalue weighted by molar-refractivity contribution is 0.444. The molecule has 1 aliphatic rings. The molecule has 4 nitrogen and oxygen atoms in total. The Morgan fingerprint density at radius 3 is 2.73 bits per heavy atom. The summed E-state index contributed by atoms with van der Waals surface area (Å²) >= 11 is 3.32. The van der Waals surface area contributed by atoms with Gasteiger partial charge in [0, 0.05) is 27.7 Å². The summed E-state index contributed by atoms with van der Waals surface area (Å²) in [7, 11) is 0. The molecule has 6 heteroatoms. The van der Waals surface area contributed by atoms with Gasteiger partial charge in [-0.15, -0.1) is 0 Å². The van der Waals surface area contributed by atoms with Crippen LogP contribution in [0.4, 0.5) is 10.1 Å². The summed E-state index contributed by atoms with van der Waals surface area (Å²) in [6.07, 6.45) is 0. The highest BCUT2D eigenvalue weighted by Crippen LogP contribution is 2.43. The molecule has 0 fully saturated rings. The van der Waals surface area contributed by atoms with E-state index in [0.717, 1.165) is 0 Å². The monoisotopic (exact) mass is 359 g/mol. The molecule has 3 rings (SSSR count).